The molecule has 0 aliphatic carbocycles. The highest BCUT2D eigenvalue weighted by Gasteiger charge is 2.31. The highest BCUT2D eigenvalue weighted by Crippen LogP contribution is 2.39. The molecule has 0 saturated carbocycles. The summed E-state index contributed by atoms with van der Waals surface area (Å²) in [7, 11) is 5.98. The van der Waals surface area contributed by atoms with Crippen molar-refractivity contribution in [2.75, 3.05) is 32.6 Å². The Kier molecular flexibility index (Phi) is 5.08. The number of nitrogens with zero attached hydrogens (tertiary/aromatic N) is 3. The first kappa shape index (κ1) is 17.5. The molecule has 2 aromatic rings. The van der Waals surface area contributed by atoms with Gasteiger partial charge in [-0.15, -0.1) is 0 Å². The first-order chi connectivity index (χ1) is 12.0. The molecule has 134 valence electrons. The maximum atomic E-state index is 12.1. The van der Waals surface area contributed by atoms with Crippen molar-refractivity contribution in [2.24, 2.45) is 7.05 Å². The molecule has 0 saturated heterocycles. The summed E-state index contributed by atoms with van der Waals surface area (Å²) in [5.41, 5.74) is 3.16. The van der Waals surface area contributed by atoms with Crippen LogP contribution in [0.1, 0.15) is 35.6 Å². The first-order valence-electron chi connectivity index (χ1n) is 8.66. The van der Waals surface area contributed by atoms with Gasteiger partial charge in [0.1, 0.15) is 11.6 Å². The summed E-state index contributed by atoms with van der Waals surface area (Å²) in [6.45, 7) is 3.68. The second kappa shape index (κ2) is 7.27. The normalized spacial score (nSPS) is 16.7. The number of ether oxygens (including phenoxy) is 1. The Labute approximate surface area is 148 Å². The average molecular weight is 342 g/mol. The van der Waals surface area contributed by atoms with Crippen LogP contribution in [0.4, 0.5) is 5.82 Å². The predicted octanol–water partition coefficient (Wildman–Crippen LogP) is 2.53. The molecule has 6 heteroatoms. The molecule has 3 rings (SSSR count). The molecule has 1 aromatic carbocycles. The quantitative estimate of drug-likeness (QED) is 0.820. The number of carbonyl (C=O) groups excluding carboxylic acids is 1. The molecule has 0 fully saturated rings. The van der Waals surface area contributed by atoms with E-state index in [1.165, 1.54) is 0 Å². The standard InChI is InChI=1S/C19H26N4O2/c1-13-18-16(12-17(24)20-19(18)23(4)21-13)14-7-5-8-15(11-14)25-10-6-9-22(2)3/h5,7-8,11,16H,6,9-10,12H2,1-4H3,(H,20,24). The molecule has 0 bridgehead atoms. The lowest BCUT2D eigenvalue weighted by Gasteiger charge is -2.24. The van der Waals surface area contributed by atoms with E-state index in [4.69, 9.17) is 4.74 Å². The molecular weight excluding hydrogens is 316 g/mol. The van der Waals surface area contributed by atoms with E-state index in [1.807, 2.05) is 26.1 Å². The number of hydrogen-bond acceptors (Lipinski definition) is 4. The zero-order chi connectivity index (χ0) is 18.0. The van der Waals surface area contributed by atoms with E-state index in [9.17, 15) is 4.79 Å². The van der Waals surface area contributed by atoms with Crippen LogP contribution in [-0.4, -0.2) is 47.8 Å². The average Bonchev–Trinajstić information content (AvgIpc) is 2.85. The van der Waals surface area contributed by atoms with Crippen LogP contribution in [0.3, 0.4) is 0 Å². The minimum Gasteiger partial charge on any atom is -0.494 e. The molecule has 25 heavy (non-hydrogen) atoms. The van der Waals surface area contributed by atoms with E-state index in [2.05, 4.69) is 41.5 Å². The summed E-state index contributed by atoms with van der Waals surface area (Å²) in [5, 5.41) is 7.41. The van der Waals surface area contributed by atoms with Crippen LogP contribution in [0.15, 0.2) is 24.3 Å². The molecule has 1 amide bonds. The van der Waals surface area contributed by atoms with Crippen LogP contribution in [0.25, 0.3) is 0 Å². The number of amides is 1. The first-order valence-corrected chi connectivity index (χ1v) is 8.66. The zero-order valence-corrected chi connectivity index (χ0v) is 15.4. The number of aromatic nitrogens is 2. The molecule has 1 aromatic heterocycles. The van der Waals surface area contributed by atoms with Crippen molar-refractivity contribution < 1.29 is 9.53 Å². The lowest BCUT2D eigenvalue weighted by molar-refractivity contribution is -0.116. The van der Waals surface area contributed by atoms with Gasteiger partial charge in [0.05, 0.1) is 12.3 Å². The van der Waals surface area contributed by atoms with Crippen LogP contribution in [0.2, 0.25) is 0 Å². The largest absolute Gasteiger partial charge is 0.494 e. The summed E-state index contributed by atoms with van der Waals surface area (Å²) >= 11 is 0. The Bertz CT molecular complexity index is 767. The highest BCUT2D eigenvalue weighted by atomic mass is 16.5. The number of aryl methyl sites for hydroxylation is 2. The smallest absolute Gasteiger partial charge is 0.226 e. The molecule has 2 heterocycles. The monoisotopic (exact) mass is 342 g/mol. The van der Waals surface area contributed by atoms with Gasteiger partial charge in [-0.2, -0.15) is 5.10 Å². The van der Waals surface area contributed by atoms with E-state index >= 15 is 0 Å². The van der Waals surface area contributed by atoms with Gasteiger partial charge in [0, 0.05) is 31.5 Å². The molecule has 0 spiro atoms. The number of rotatable bonds is 6. The molecule has 1 N–H and O–H groups in total. The van der Waals surface area contributed by atoms with Crippen LogP contribution in [-0.2, 0) is 11.8 Å². The maximum Gasteiger partial charge on any atom is 0.226 e. The number of fused-ring (bicyclic) bond motifs is 1. The van der Waals surface area contributed by atoms with Crippen molar-refractivity contribution in [3.63, 3.8) is 0 Å². The molecule has 1 atom stereocenters. The van der Waals surface area contributed by atoms with Crippen LogP contribution in [0.5, 0.6) is 5.75 Å². The topological polar surface area (TPSA) is 59.4 Å². The molecule has 1 aliphatic rings. The summed E-state index contributed by atoms with van der Waals surface area (Å²) in [5.74, 6) is 1.70. The summed E-state index contributed by atoms with van der Waals surface area (Å²) in [6.07, 6.45) is 1.42. The van der Waals surface area contributed by atoms with Gasteiger partial charge in [0.2, 0.25) is 5.91 Å². The number of benzene rings is 1. The number of anilines is 1. The predicted molar refractivity (Wildman–Crippen MR) is 98.1 cm³/mol. The Morgan fingerprint density at radius 2 is 2.20 bits per heavy atom. The number of hydrogen-bond donors (Lipinski definition) is 1. The van der Waals surface area contributed by atoms with Gasteiger partial charge in [-0.05, 0) is 45.1 Å². The maximum absolute atomic E-state index is 12.1. The van der Waals surface area contributed by atoms with Crippen molar-refractivity contribution in [3.05, 3.63) is 41.1 Å². The lowest BCUT2D eigenvalue weighted by Crippen LogP contribution is -2.24. The van der Waals surface area contributed by atoms with Gasteiger partial charge < -0.3 is 15.0 Å². The van der Waals surface area contributed by atoms with Gasteiger partial charge >= 0.3 is 0 Å². The van der Waals surface area contributed by atoms with Crippen molar-refractivity contribution in [1.82, 2.24) is 14.7 Å². The van der Waals surface area contributed by atoms with Crippen LogP contribution in [0, 0.1) is 6.92 Å². The molecule has 6 nitrogen and oxygen atoms in total. The van der Waals surface area contributed by atoms with Gasteiger partial charge in [-0.25, -0.2) is 0 Å². The van der Waals surface area contributed by atoms with Gasteiger partial charge in [0.15, 0.2) is 0 Å². The third-order valence-electron chi connectivity index (χ3n) is 4.54. The zero-order valence-electron chi connectivity index (χ0n) is 15.4. The summed E-state index contributed by atoms with van der Waals surface area (Å²) in [6, 6.07) is 8.08. The lowest BCUT2D eigenvalue weighted by atomic mass is 9.86. The third kappa shape index (κ3) is 3.85. The molecule has 1 unspecified atom stereocenters. The second-order valence-corrected chi connectivity index (χ2v) is 6.85. The van der Waals surface area contributed by atoms with Gasteiger partial charge in [-0.1, -0.05) is 12.1 Å². The Hall–Kier alpha value is -2.34. The summed E-state index contributed by atoms with van der Waals surface area (Å²) in [4.78, 5) is 14.3. The fourth-order valence-electron chi connectivity index (χ4n) is 3.39. The Morgan fingerprint density at radius 3 is 2.96 bits per heavy atom. The van der Waals surface area contributed by atoms with E-state index in [-0.39, 0.29) is 11.8 Å². The fraction of sp³-hybridized carbons (Fsp3) is 0.474. The van der Waals surface area contributed by atoms with E-state index < -0.39 is 0 Å². The second-order valence-electron chi connectivity index (χ2n) is 6.85. The third-order valence-corrected chi connectivity index (χ3v) is 4.54. The van der Waals surface area contributed by atoms with Crippen molar-refractivity contribution in [3.8, 4) is 5.75 Å². The van der Waals surface area contributed by atoms with Gasteiger partial charge in [0.25, 0.3) is 0 Å². The summed E-state index contributed by atoms with van der Waals surface area (Å²) < 4.78 is 7.64. The Balaban J connectivity index is 1.81. The molecule has 1 aliphatic heterocycles. The minimum absolute atomic E-state index is 0.0165. The highest BCUT2D eigenvalue weighted by molar-refractivity contribution is 5.94. The van der Waals surface area contributed by atoms with Crippen molar-refractivity contribution in [1.29, 1.82) is 0 Å². The van der Waals surface area contributed by atoms with E-state index in [0.29, 0.717) is 13.0 Å². The van der Waals surface area contributed by atoms with E-state index in [1.54, 1.807) is 4.68 Å². The molecule has 0 radical (unpaired) electrons. The van der Waals surface area contributed by atoms with Crippen molar-refractivity contribution in [2.45, 2.75) is 25.7 Å². The molecular formula is C19H26N4O2. The van der Waals surface area contributed by atoms with E-state index in [0.717, 1.165) is 41.4 Å². The SMILES string of the molecule is Cc1nn(C)c2c1C(c1cccc(OCCCN(C)C)c1)CC(=O)N2. The van der Waals surface area contributed by atoms with Crippen LogP contribution >= 0.6 is 0 Å². The number of nitrogens with one attached hydrogen (secondary N) is 1. The van der Waals surface area contributed by atoms with Crippen molar-refractivity contribution >= 4 is 11.7 Å². The Morgan fingerprint density at radius 1 is 1.40 bits per heavy atom. The minimum atomic E-state index is 0.0165. The van der Waals surface area contributed by atoms with Crippen LogP contribution < -0.4 is 10.1 Å². The number of carbonyl (C=O) groups is 1. The van der Waals surface area contributed by atoms with Gasteiger partial charge in [-0.3, -0.25) is 9.48 Å². The fourth-order valence-corrected chi connectivity index (χ4v) is 3.39.